The quantitative estimate of drug-likeness (QED) is 0.320. The van der Waals surface area contributed by atoms with E-state index in [0.717, 1.165) is 11.3 Å². The number of halogens is 1. The van der Waals surface area contributed by atoms with Crippen molar-refractivity contribution in [2.24, 2.45) is 0 Å². The van der Waals surface area contributed by atoms with Crippen molar-refractivity contribution < 1.29 is 23.5 Å². The zero-order chi connectivity index (χ0) is 18.2. The summed E-state index contributed by atoms with van der Waals surface area (Å²) in [5.74, 6) is -2.67. The lowest BCUT2D eigenvalue weighted by molar-refractivity contribution is -0.154. The first-order valence-electron chi connectivity index (χ1n) is 7.80. The Balaban J connectivity index is 2.00. The van der Waals surface area contributed by atoms with E-state index in [0.29, 0.717) is 6.54 Å². The third kappa shape index (κ3) is 5.53. The molecule has 6 heteroatoms. The monoisotopic (exact) mass is 343 g/mol. The number of hydrogen-bond acceptors (Lipinski definition) is 4. The molecule has 0 saturated carbocycles. The summed E-state index contributed by atoms with van der Waals surface area (Å²) in [6, 6.07) is 9.84. The minimum atomic E-state index is -1.00. The van der Waals surface area contributed by atoms with Gasteiger partial charge >= 0.3 is 5.97 Å². The lowest BCUT2D eigenvalue weighted by Crippen LogP contribution is -2.19. The average molecular weight is 343 g/mol. The number of esters is 1. The van der Waals surface area contributed by atoms with Crippen LogP contribution in [0.3, 0.4) is 0 Å². The second-order valence-corrected chi connectivity index (χ2v) is 5.31. The summed E-state index contributed by atoms with van der Waals surface area (Å²) in [6.45, 7) is 2.11. The zero-order valence-electron chi connectivity index (χ0n) is 13.8. The lowest BCUT2D eigenvalue weighted by Gasteiger charge is -2.06. The molecule has 1 aromatic carbocycles. The van der Waals surface area contributed by atoms with Crippen LogP contribution >= 0.6 is 0 Å². The van der Waals surface area contributed by atoms with Crippen molar-refractivity contribution in [3.8, 4) is 0 Å². The standard InChI is InChI=1S/C19H18FNO4/c1-2-25-19(24)18(23)12-17(22)9-8-16-7-4-10-21(16)13-14-5-3-6-15(20)11-14/h3-11H,2,12-13H2,1H3/b9-8+. The molecule has 2 aromatic rings. The Morgan fingerprint density at radius 2 is 2.00 bits per heavy atom. The van der Waals surface area contributed by atoms with Gasteiger partial charge in [-0.25, -0.2) is 9.18 Å². The Kier molecular flexibility index (Phi) is 6.39. The normalized spacial score (nSPS) is 10.8. The van der Waals surface area contributed by atoms with Gasteiger partial charge in [0.15, 0.2) is 5.78 Å². The maximum atomic E-state index is 13.3. The molecule has 0 bridgehead atoms. The molecule has 0 N–H and O–H groups in total. The number of carbonyl (C=O) groups excluding carboxylic acids is 3. The third-order valence-electron chi connectivity index (χ3n) is 3.38. The second-order valence-electron chi connectivity index (χ2n) is 5.31. The molecule has 0 saturated heterocycles. The summed E-state index contributed by atoms with van der Waals surface area (Å²) >= 11 is 0. The molecule has 0 unspecified atom stereocenters. The first-order valence-corrected chi connectivity index (χ1v) is 7.80. The van der Waals surface area contributed by atoms with E-state index < -0.39 is 24.0 Å². The van der Waals surface area contributed by atoms with Crippen LogP contribution in [0.4, 0.5) is 4.39 Å². The highest BCUT2D eigenvalue weighted by atomic mass is 19.1. The number of allylic oxidation sites excluding steroid dienone is 1. The van der Waals surface area contributed by atoms with Gasteiger partial charge in [0.05, 0.1) is 13.0 Å². The van der Waals surface area contributed by atoms with Crippen LogP contribution in [-0.4, -0.2) is 28.7 Å². The molecule has 25 heavy (non-hydrogen) atoms. The van der Waals surface area contributed by atoms with Gasteiger partial charge in [-0.15, -0.1) is 0 Å². The van der Waals surface area contributed by atoms with Crippen LogP contribution < -0.4 is 0 Å². The number of nitrogens with zero attached hydrogens (tertiary/aromatic N) is 1. The minimum Gasteiger partial charge on any atom is -0.460 e. The Hall–Kier alpha value is -3.02. The summed E-state index contributed by atoms with van der Waals surface area (Å²) in [5, 5.41) is 0. The van der Waals surface area contributed by atoms with Gasteiger partial charge in [-0.1, -0.05) is 12.1 Å². The van der Waals surface area contributed by atoms with Gasteiger partial charge in [0, 0.05) is 18.4 Å². The highest BCUT2D eigenvalue weighted by Gasteiger charge is 2.17. The predicted molar refractivity (Wildman–Crippen MR) is 90.2 cm³/mol. The average Bonchev–Trinajstić information content (AvgIpc) is 3.00. The van der Waals surface area contributed by atoms with Gasteiger partial charge in [0.1, 0.15) is 5.82 Å². The number of ether oxygens (including phenoxy) is 1. The predicted octanol–water partition coefficient (Wildman–Crippen LogP) is 2.78. The summed E-state index contributed by atoms with van der Waals surface area (Å²) in [6.07, 6.45) is 4.08. The van der Waals surface area contributed by atoms with Crippen molar-refractivity contribution in [3.63, 3.8) is 0 Å². The molecule has 0 fully saturated rings. The number of benzene rings is 1. The Morgan fingerprint density at radius 3 is 2.72 bits per heavy atom. The van der Waals surface area contributed by atoms with Crippen LogP contribution in [0.1, 0.15) is 24.6 Å². The summed E-state index contributed by atoms with van der Waals surface area (Å²) < 4.78 is 19.6. The number of aromatic nitrogens is 1. The Morgan fingerprint density at radius 1 is 1.20 bits per heavy atom. The fourth-order valence-corrected chi connectivity index (χ4v) is 2.23. The van der Waals surface area contributed by atoms with Crippen LogP contribution in [0.2, 0.25) is 0 Å². The molecule has 1 aromatic heterocycles. The fourth-order valence-electron chi connectivity index (χ4n) is 2.23. The number of Topliss-reactive ketones (excluding diaryl/α,β-unsaturated/α-hetero) is 1. The Labute approximate surface area is 144 Å². The van der Waals surface area contributed by atoms with E-state index in [1.165, 1.54) is 18.2 Å². The molecule has 5 nitrogen and oxygen atoms in total. The summed E-state index contributed by atoms with van der Waals surface area (Å²) in [5.41, 5.74) is 1.51. The van der Waals surface area contributed by atoms with Crippen LogP contribution in [0.5, 0.6) is 0 Å². The molecule has 1 heterocycles. The van der Waals surface area contributed by atoms with Gasteiger partial charge in [-0.2, -0.15) is 0 Å². The first-order chi connectivity index (χ1) is 12.0. The molecule has 0 atom stereocenters. The second kappa shape index (κ2) is 8.73. The molecular weight excluding hydrogens is 325 g/mol. The highest BCUT2D eigenvalue weighted by molar-refractivity contribution is 6.37. The number of ketones is 2. The van der Waals surface area contributed by atoms with E-state index in [9.17, 15) is 18.8 Å². The maximum Gasteiger partial charge on any atom is 0.375 e. The van der Waals surface area contributed by atoms with Crippen LogP contribution in [0.25, 0.3) is 6.08 Å². The molecule has 0 aliphatic carbocycles. The van der Waals surface area contributed by atoms with Crippen molar-refractivity contribution in [3.05, 3.63) is 65.7 Å². The van der Waals surface area contributed by atoms with E-state index in [4.69, 9.17) is 0 Å². The zero-order valence-corrected chi connectivity index (χ0v) is 13.8. The molecule has 0 spiro atoms. The molecule has 0 amide bonds. The summed E-state index contributed by atoms with van der Waals surface area (Å²) in [7, 11) is 0. The number of rotatable bonds is 8. The molecule has 0 aliphatic rings. The number of hydrogen-bond donors (Lipinski definition) is 0. The molecule has 0 aliphatic heterocycles. The van der Waals surface area contributed by atoms with Gasteiger partial charge in [-0.3, -0.25) is 9.59 Å². The van der Waals surface area contributed by atoms with Crippen molar-refractivity contribution in [1.29, 1.82) is 0 Å². The fraction of sp³-hybridized carbons (Fsp3) is 0.211. The molecule has 2 rings (SSSR count). The number of carbonyl (C=O) groups is 3. The van der Waals surface area contributed by atoms with Crippen LogP contribution in [0, 0.1) is 5.82 Å². The first kappa shape index (κ1) is 18.3. The lowest BCUT2D eigenvalue weighted by atomic mass is 10.2. The SMILES string of the molecule is CCOC(=O)C(=O)CC(=O)/C=C/c1cccn1Cc1cccc(F)c1. The summed E-state index contributed by atoms with van der Waals surface area (Å²) in [4.78, 5) is 34.5. The van der Waals surface area contributed by atoms with Crippen molar-refractivity contribution in [2.75, 3.05) is 6.61 Å². The van der Waals surface area contributed by atoms with E-state index in [1.807, 2.05) is 4.57 Å². The van der Waals surface area contributed by atoms with Gasteiger partial charge < -0.3 is 9.30 Å². The topological polar surface area (TPSA) is 65.4 Å². The maximum absolute atomic E-state index is 13.3. The molecular formula is C19H18FNO4. The highest BCUT2D eigenvalue weighted by Crippen LogP contribution is 2.11. The van der Waals surface area contributed by atoms with Crippen molar-refractivity contribution >= 4 is 23.6 Å². The third-order valence-corrected chi connectivity index (χ3v) is 3.38. The van der Waals surface area contributed by atoms with E-state index in [-0.39, 0.29) is 12.4 Å². The molecule has 130 valence electrons. The van der Waals surface area contributed by atoms with Gasteiger partial charge in [0.2, 0.25) is 5.78 Å². The van der Waals surface area contributed by atoms with E-state index in [1.54, 1.807) is 43.5 Å². The van der Waals surface area contributed by atoms with Gasteiger partial charge in [0.25, 0.3) is 0 Å². The van der Waals surface area contributed by atoms with E-state index >= 15 is 0 Å². The van der Waals surface area contributed by atoms with Crippen molar-refractivity contribution in [1.82, 2.24) is 4.57 Å². The van der Waals surface area contributed by atoms with Crippen LogP contribution in [-0.2, 0) is 25.7 Å². The minimum absolute atomic E-state index is 0.0855. The van der Waals surface area contributed by atoms with Crippen molar-refractivity contribution in [2.45, 2.75) is 19.9 Å². The van der Waals surface area contributed by atoms with E-state index in [2.05, 4.69) is 4.74 Å². The van der Waals surface area contributed by atoms with Crippen LogP contribution in [0.15, 0.2) is 48.7 Å². The largest absolute Gasteiger partial charge is 0.460 e. The smallest absolute Gasteiger partial charge is 0.375 e. The van der Waals surface area contributed by atoms with Gasteiger partial charge in [-0.05, 0) is 48.9 Å². The molecule has 0 radical (unpaired) electrons. The Bertz CT molecular complexity index is 807.